The zero-order valence-corrected chi connectivity index (χ0v) is 13.1. The fraction of sp³-hybridized carbons (Fsp3) is 0.429. The van der Waals surface area contributed by atoms with Gasteiger partial charge in [-0.3, -0.25) is 4.79 Å². The molecule has 8 nitrogen and oxygen atoms in total. The fourth-order valence-corrected chi connectivity index (χ4v) is 1.77. The van der Waals surface area contributed by atoms with E-state index in [1.54, 1.807) is 12.1 Å². The number of benzene rings is 1. The van der Waals surface area contributed by atoms with E-state index >= 15 is 0 Å². The number of urea groups is 1. The predicted molar refractivity (Wildman–Crippen MR) is 80.2 cm³/mol. The lowest BCUT2D eigenvalue weighted by molar-refractivity contribution is -0.121. The summed E-state index contributed by atoms with van der Waals surface area (Å²) in [5.74, 6) is 1.28. The second kappa shape index (κ2) is 7.96. The highest BCUT2D eigenvalue weighted by Gasteiger charge is 2.14. The number of ether oxygens (including phenoxy) is 3. The standard InChI is InChI=1S/C14H21N3O5/c1-17(14(15)19)8-13(18)16-7-9-5-11(21-3)12(22-4)6-10(9)20-2/h5-6H,7-8H2,1-4H3,(H2,15,19)(H,16,18). The molecule has 0 saturated heterocycles. The topological polar surface area (TPSA) is 103 Å². The van der Waals surface area contributed by atoms with Gasteiger partial charge in [-0.05, 0) is 6.07 Å². The average molecular weight is 311 g/mol. The number of hydrogen-bond acceptors (Lipinski definition) is 5. The number of amides is 3. The lowest BCUT2D eigenvalue weighted by Crippen LogP contribution is -2.40. The van der Waals surface area contributed by atoms with Crippen molar-refractivity contribution < 1.29 is 23.8 Å². The number of rotatable bonds is 7. The molecule has 0 bridgehead atoms. The summed E-state index contributed by atoms with van der Waals surface area (Å²) in [6, 6.07) is 2.73. The second-order valence-electron chi connectivity index (χ2n) is 4.49. The Morgan fingerprint density at radius 3 is 2.14 bits per heavy atom. The van der Waals surface area contributed by atoms with Crippen LogP contribution in [-0.4, -0.2) is 51.8 Å². The molecular formula is C14H21N3O5. The van der Waals surface area contributed by atoms with Crippen LogP contribution < -0.4 is 25.3 Å². The largest absolute Gasteiger partial charge is 0.496 e. The van der Waals surface area contributed by atoms with Crippen molar-refractivity contribution in [3.05, 3.63) is 17.7 Å². The number of nitrogens with zero attached hydrogens (tertiary/aromatic N) is 1. The first-order valence-corrected chi connectivity index (χ1v) is 6.49. The van der Waals surface area contributed by atoms with Gasteiger partial charge in [0.2, 0.25) is 5.91 Å². The molecule has 0 aliphatic heterocycles. The van der Waals surface area contributed by atoms with Crippen LogP contribution in [0, 0.1) is 0 Å². The summed E-state index contributed by atoms with van der Waals surface area (Å²) in [7, 11) is 6.01. The number of nitrogens with two attached hydrogens (primary N) is 1. The van der Waals surface area contributed by atoms with Gasteiger partial charge < -0.3 is 30.2 Å². The van der Waals surface area contributed by atoms with Crippen molar-refractivity contribution in [2.24, 2.45) is 5.73 Å². The molecule has 0 aliphatic carbocycles. The van der Waals surface area contributed by atoms with E-state index in [4.69, 9.17) is 19.9 Å². The Morgan fingerprint density at radius 1 is 1.09 bits per heavy atom. The maximum absolute atomic E-state index is 11.8. The number of methoxy groups -OCH3 is 3. The summed E-state index contributed by atoms with van der Waals surface area (Å²) in [6.45, 7) is 0.0971. The lowest BCUT2D eigenvalue weighted by Gasteiger charge is -2.16. The normalized spacial score (nSPS) is 9.82. The third-order valence-electron chi connectivity index (χ3n) is 3.02. The zero-order chi connectivity index (χ0) is 16.7. The van der Waals surface area contributed by atoms with Crippen LogP contribution in [0.2, 0.25) is 0 Å². The molecule has 1 aromatic rings. The van der Waals surface area contributed by atoms with E-state index in [-0.39, 0.29) is 19.0 Å². The third kappa shape index (κ3) is 4.44. The smallest absolute Gasteiger partial charge is 0.314 e. The molecule has 0 heterocycles. The molecule has 0 atom stereocenters. The number of carbonyl (C=O) groups is 2. The molecule has 0 fully saturated rings. The van der Waals surface area contributed by atoms with Gasteiger partial charge in [0.25, 0.3) is 0 Å². The summed E-state index contributed by atoms with van der Waals surface area (Å²) in [5.41, 5.74) is 5.78. The van der Waals surface area contributed by atoms with Crippen LogP contribution in [0.25, 0.3) is 0 Å². The molecule has 1 rings (SSSR count). The SMILES string of the molecule is COc1cc(OC)c(OC)cc1CNC(=O)CN(C)C(N)=O. The molecule has 3 amide bonds. The maximum Gasteiger partial charge on any atom is 0.314 e. The molecule has 3 N–H and O–H groups in total. The predicted octanol–water partition coefficient (Wildman–Crippen LogP) is 0.339. The van der Waals surface area contributed by atoms with Crippen molar-refractivity contribution in [2.75, 3.05) is 34.9 Å². The van der Waals surface area contributed by atoms with Crippen molar-refractivity contribution in [2.45, 2.75) is 6.54 Å². The Morgan fingerprint density at radius 2 is 1.64 bits per heavy atom. The van der Waals surface area contributed by atoms with Gasteiger partial charge in [-0.2, -0.15) is 0 Å². The molecule has 0 aromatic heterocycles. The highest BCUT2D eigenvalue weighted by Crippen LogP contribution is 2.34. The Bertz CT molecular complexity index is 548. The van der Waals surface area contributed by atoms with E-state index in [1.807, 2.05) is 0 Å². The first-order valence-electron chi connectivity index (χ1n) is 6.49. The quantitative estimate of drug-likeness (QED) is 0.756. The molecule has 1 aromatic carbocycles. The van der Waals surface area contributed by atoms with Crippen molar-refractivity contribution in [3.63, 3.8) is 0 Å². The van der Waals surface area contributed by atoms with Crippen LogP contribution in [0.3, 0.4) is 0 Å². The molecule has 122 valence electrons. The van der Waals surface area contributed by atoms with Crippen LogP contribution in [0.1, 0.15) is 5.56 Å². The van der Waals surface area contributed by atoms with Gasteiger partial charge in [0, 0.05) is 25.2 Å². The van der Waals surface area contributed by atoms with E-state index in [0.717, 1.165) is 10.5 Å². The van der Waals surface area contributed by atoms with E-state index in [1.165, 1.54) is 28.4 Å². The van der Waals surface area contributed by atoms with Gasteiger partial charge in [0.05, 0.1) is 21.3 Å². The highest BCUT2D eigenvalue weighted by molar-refractivity contribution is 5.83. The zero-order valence-electron chi connectivity index (χ0n) is 13.1. The summed E-state index contributed by atoms with van der Waals surface area (Å²) < 4.78 is 15.7. The van der Waals surface area contributed by atoms with Crippen LogP contribution in [0.5, 0.6) is 17.2 Å². The minimum absolute atomic E-state index is 0.120. The summed E-state index contributed by atoms with van der Waals surface area (Å²) in [6.07, 6.45) is 0. The van der Waals surface area contributed by atoms with Gasteiger partial charge in [-0.25, -0.2) is 4.79 Å². The first-order chi connectivity index (χ1) is 10.4. The number of likely N-dealkylation sites (N-methyl/N-ethyl adjacent to an activating group) is 1. The first kappa shape index (κ1) is 17.4. The summed E-state index contributed by atoms with van der Waals surface area (Å²) in [5, 5.41) is 2.68. The lowest BCUT2D eigenvalue weighted by atomic mass is 10.1. The van der Waals surface area contributed by atoms with Crippen LogP contribution in [-0.2, 0) is 11.3 Å². The molecule has 0 saturated carbocycles. The minimum Gasteiger partial charge on any atom is -0.496 e. The van der Waals surface area contributed by atoms with E-state index in [0.29, 0.717) is 17.2 Å². The highest BCUT2D eigenvalue weighted by atomic mass is 16.5. The van der Waals surface area contributed by atoms with Crippen LogP contribution in [0.4, 0.5) is 4.79 Å². The minimum atomic E-state index is -0.668. The number of nitrogens with one attached hydrogen (secondary N) is 1. The molecule has 0 aliphatic rings. The molecule has 22 heavy (non-hydrogen) atoms. The summed E-state index contributed by atoms with van der Waals surface area (Å²) >= 11 is 0. The maximum atomic E-state index is 11.8. The van der Waals surface area contributed by atoms with Gasteiger partial charge in [-0.15, -0.1) is 0 Å². The third-order valence-corrected chi connectivity index (χ3v) is 3.02. The average Bonchev–Trinajstić information content (AvgIpc) is 2.51. The van der Waals surface area contributed by atoms with Crippen molar-refractivity contribution in [1.29, 1.82) is 0 Å². The fourth-order valence-electron chi connectivity index (χ4n) is 1.77. The van der Waals surface area contributed by atoms with Crippen LogP contribution in [0.15, 0.2) is 12.1 Å². The van der Waals surface area contributed by atoms with Gasteiger partial charge >= 0.3 is 6.03 Å². The van der Waals surface area contributed by atoms with Crippen LogP contribution >= 0.6 is 0 Å². The van der Waals surface area contributed by atoms with Gasteiger partial charge in [0.15, 0.2) is 11.5 Å². The van der Waals surface area contributed by atoms with Gasteiger partial charge in [-0.1, -0.05) is 0 Å². The van der Waals surface area contributed by atoms with E-state index in [2.05, 4.69) is 5.32 Å². The Labute approximate surface area is 129 Å². The Hall–Kier alpha value is -2.64. The Kier molecular flexibility index (Phi) is 6.30. The monoisotopic (exact) mass is 311 g/mol. The van der Waals surface area contributed by atoms with Crippen molar-refractivity contribution >= 4 is 11.9 Å². The Balaban J connectivity index is 2.80. The van der Waals surface area contributed by atoms with Crippen molar-refractivity contribution in [1.82, 2.24) is 10.2 Å². The number of carbonyl (C=O) groups excluding carboxylic acids is 2. The van der Waals surface area contributed by atoms with E-state index < -0.39 is 6.03 Å². The second-order valence-corrected chi connectivity index (χ2v) is 4.49. The van der Waals surface area contributed by atoms with E-state index in [9.17, 15) is 9.59 Å². The molecule has 0 unspecified atom stereocenters. The number of hydrogen-bond donors (Lipinski definition) is 2. The molecule has 0 radical (unpaired) electrons. The molecular weight excluding hydrogens is 290 g/mol. The van der Waals surface area contributed by atoms with Gasteiger partial charge in [0.1, 0.15) is 12.3 Å². The number of primary amides is 1. The summed E-state index contributed by atoms with van der Waals surface area (Å²) in [4.78, 5) is 23.7. The van der Waals surface area contributed by atoms with Crippen molar-refractivity contribution in [3.8, 4) is 17.2 Å². The molecule has 0 spiro atoms. The molecule has 8 heteroatoms.